The molecular weight excluding hydrogens is 425 g/mol. The van der Waals surface area contributed by atoms with Crippen molar-refractivity contribution >= 4 is 11.6 Å². The summed E-state index contributed by atoms with van der Waals surface area (Å²) in [4.78, 5) is 8.81. The van der Waals surface area contributed by atoms with Crippen LogP contribution in [0.5, 0.6) is 5.75 Å². The van der Waals surface area contributed by atoms with Gasteiger partial charge in [0.1, 0.15) is 18.0 Å². The number of alkyl halides is 3. The zero-order chi connectivity index (χ0) is 22.9. The number of benzene rings is 1. The van der Waals surface area contributed by atoms with Gasteiger partial charge < -0.3 is 30.4 Å². The largest absolute Gasteiger partial charge is 0.494 e. The van der Waals surface area contributed by atoms with Gasteiger partial charge in [-0.25, -0.2) is 9.98 Å². The number of nitrogens with zero attached hydrogens (tertiary/aromatic N) is 3. The van der Waals surface area contributed by atoms with Crippen LogP contribution in [0, 0.1) is 12.8 Å². The fraction of sp³-hybridized carbons (Fsp3) is 0.429. The van der Waals surface area contributed by atoms with Gasteiger partial charge in [0, 0.05) is 29.6 Å². The molecule has 0 spiro atoms. The number of rotatable bonds is 7. The third kappa shape index (κ3) is 5.22. The molecule has 2 aliphatic rings. The molecule has 0 bridgehead atoms. The Kier molecular flexibility index (Phi) is 5.87. The van der Waals surface area contributed by atoms with Crippen LogP contribution in [0.4, 0.5) is 18.9 Å². The lowest BCUT2D eigenvalue weighted by Crippen LogP contribution is -2.48. The number of hydrogen-bond donors (Lipinski definition) is 3. The Balaban J connectivity index is 1.52. The van der Waals surface area contributed by atoms with Crippen LogP contribution in [0.2, 0.25) is 0 Å². The smallest absolute Gasteiger partial charge is 0.411 e. The molecule has 4 N–H and O–H groups in total. The Morgan fingerprint density at radius 3 is 2.75 bits per heavy atom. The summed E-state index contributed by atoms with van der Waals surface area (Å²) in [6.07, 6.45) is 2.66. The van der Waals surface area contributed by atoms with Crippen molar-refractivity contribution in [1.29, 1.82) is 0 Å². The van der Waals surface area contributed by atoms with Gasteiger partial charge in [-0.3, -0.25) is 0 Å². The van der Waals surface area contributed by atoms with Gasteiger partial charge in [-0.2, -0.15) is 13.2 Å². The van der Waals surface area contributed by atoms with E-state index in [1.807, 2.05) is 29.8 Å². The highest BCUT2D eigenvalue weighted by atomic mass is 19.4. The number of nitrogens with one attached hydrogen (secondary N) is 2. The summed E-state index contributed by atoms with van der Waals surface area (Å²) in [5, 5.41) is 6.13. The van der Waals surface area contributed by atoms with E-state index in [1.54, 1.807) is 25.6 Å². The van der Waals surface area contributed by atoms with E-state index in [1.165, 1.54) is 0 Å². The molecule has 8 nitrogen and oxygen atoms in total. The lowest BCUT2D eigenvalue weighted by atomic mass is 10.0. The number of anilines is 1. The van der Waals surface area contributed by atoms with Crippen LogP contribution < -0.4 is 21.1 Å². The van der Waals surface area contributed by atoms with Crippen LogP contribution >= 0.6 is 0 Å². The van der Waals surface area contributed by atoms with Gasteiger partial charge in [0.2, 0.25) is 5.96 Å². The lowest BCUT2D eigenvalue weighted by molar-refractivity contribution is -0.171. The van der Waals surface area contributed by atoms with Crippen LogP contribution in [0.25, 0.3) is 5.69 Å². The maximum Gasteiger partial charge on any atom is 0.411 e. The molecule has 1 aromatic heterocycles. The minimum Gasteiger partial charge on any atom is -0.494 e. The molecule has 0 amide bonds. The number of nitrogens with two attached hydrogens (primary N) is 1. The first-order valence-electron chi connectivity index (χ1n) is 10.1. The fourth-order valence-electron chi connectivity index (χ4n) is 3.55. The highest BCUT2D eigenvalue weighted by Gasteiger charge is 2.43. The predicted octanol–water partition coefficient (Wildman–Crippen LogP) is 3.09. The van der Waals surface area contributed by atoms with Crippen molar-refractivity contribution in [3.63, 3.8) is 0 Å². The van der Waals surface area contributed by atoms with Crippen LogP contribution in [-0.2, 0) is 4.74 Å². The van der Waals surface area contributed by atoms with Crippen LogP contribution in [0.3, 0.4) is 0 Å². The number of hydrogen-bond acceptors (Lipinski definition) is 7. The first-order chi connectivity index (χ1) is 15.1. The Labute approximate surface area is 183 Å². The second kappa shape index (κ2) is 8.47. The number of aliphatic imine (C=N–C) groups is 1. The predicted molar refractivity (Wildman–Crippen MR) is 114 cm³/mol. The van der Waals surface area contributed by atoms with Gasteiger partial charge >= 0.3 is 6.18 Å². The molecule has 2 aromatic rings. The SMILES string of the molecule is COc1cc(NC2=NC(N)(C3CC3)C=C(COCC(F)(F)F)N2)ccc1-n1cnc(C)c1. The summed E-state index contributed by atoms with van der Waals surface area (Å²) in [6, 6.07) is 5.50. The first-order valence-corrected chi connectivity index (χ1v) is 10.1. The van der Waals surface area contributed by atoms with Crippen molar-refractivity contribution in [2.75, 3.05) is 25.6 Å². The molecule has 172 valence electrons. The Morgan fingerprint density at radius 1 is 1.34 bits per heavy atom. The number of imidazole rings is 1. The van der Waals surface area contributed by atoms with E-state index in [0.29, 0.717) is 23.1 Å². The summed E-state index contributed by atoms with van der Waals surface area (Å²) in [7, 11) is 1.57. The number of ether oxygens (including phenoxy) is 2. The zero-order valence-corrected chi connectivity index (χ0v) is 17.7. The molecule has 4 rings (SSSR count). The number of aryl methyl sites for hydroxylation is 1. The first kappa shape index (κ1) is 22.2. The third-order valence-corrected chi connectivity index (χ3v) is 5.18. The van der Waals surface area contributed by atoms with Gasteiger partial charge in [0.05, 0.1) is 31.4 Å². The highest BCUT2D eigenvalue weighted by Crippen LogP contribution is 2.41. The second-order valence-electron chi connectivity index (χ2n) is 7.96. The van der Waals surface area contributed by atoms with Gasteiger partial charge in [-0.15, -0.1) is 0 Å². The molecule has 1 aliphatic carbocycles. The quantitative estimate of drug-likeness (QED) is 0.600. The standard InChI is InChI=1S/C21H25F3N6O2/c1-13-9-30(12-26-13)17-6-5-15(7-18(17)31-2)27-19-28-16(10-32-11-21(22,23)24)8-20(25,29-19)14-3-4-14/h5-9,12,14H,3-4,10-11,25H2,1-2H3,(H2,27,28,29). The third-order valence-electron chi connectivity index (χ3n) is 5.18. The molecule has 0 saturated heterocycles. The molecule has 1 unspecified atom stereocenters. The van der Waals surface area contributed by atoms with E-state index >= 15 is 0 Å². The van der Waals surface area contributed by atoms with Gasteiger partial charge in [-0.05, 0) is 38.0 Å². The molecule has 0 radical (unpaired) electrons. The van der Waals surface area contributed by atoms with E-state index in [0.717, 1.165) is 24.2 Å². The molecule has 1 fully saturated rings. The van der Waals surface area contributed by atoms with Gasteiger partial charge in [0.25, 0.3) is 0 Å². The minimum atomic E-state index is -4.40. The minimum absolute atomic E-state index is 0.139. The number of aromatic nitrogens is 2. The van der Waals surface area contributed by atoms with Crippen molar-refractivity contribution in [2.45, 2.75) is 31.6 Å². The average Bonchev–Trinajstić information content (AvgIpc) is 3.49. The topological polar surface area (TPSA) is 98.7 Å². The molecule has 1 aliphatic heterocycles. The number of guanidine groups is 1. The summed E-state index contributed by atoms with van der Waals surface area (Å²) >= 11 is 0. The summed E-state index contributed by atoms with van der Waals surface area (Å²) in [6.45, 7) is 0.307. The monoisotopic (exact) mass is 450 g/mol. The Morgan fingerprint density at radius 2 is 2.12 bits per heavy atom. The summed E-state index contributed by atoms with van der Waals surface area (Å²) < 4.78 is 49.5. The van der Waals surface area contributed by atoms with Crippen molar-refractivity contribution in [3.05, 3.63) is 48.2 Å². The maximum absolute atomic E-state index is 12.4. The van der Waals surface area contributed by atoms with Crippen molar-refractivity contribution in [2.24, 2.45) is 16.6 Å². The van der Waals surface area contributed by atoms with E-state index < -0.39 is 18.4 Å². The van der Waals surface area contributed by atoms with Crippen LogP contribution in [0.1, 0.15) is 18.5 Å². The van der Waals surface area contributed by atoms with E-state index in [-0.39, 0.29) is 12.5 Å². The maximum atomic E-state index is 12.4. The Hall–Kier alpha value is -3.05. The molecular formula is C21H25F3N6O2. The molecule has 1 saturated carbocycles. The summed E-state index contributed by atoms with van der Waals surface area (Å²) in [5.41, 5.74) is 8.25. The molecule has 32 heavy (non-hydrogen) atoms. The van der Waals surface area contributed by atoms with Crippen LogP contribution in [-0.4, -0.2) is 47.7 Å². The zero-order valence-electron chi connectivity index (χ0n) is 17.7. The fourth-order valence-corrected chi connectivity index (χ4v) is 3.55. The number of halogens is 3. The molecule has 2 heterocycles. The molecule has 11 heteroatoms. The normalized spacial score (nSPS) is 20.9. The van der Waals surface area contributed by atoms with Crippen molar-refractivity contribution in [1.82, 2.24) is 14.9 Å². The lowest BCUT2D eigenvalue weighted by Gasteiger charge is -2.30. The van der Waals surface area contributed by atoms with Crippen molar-refractivity contribution in [3.8, 4) is 11.4 Å². The van der Waals surface area contributed by atoms with Crippen LogP contribution in [0.15, 0.2) is 47.5 Å². The average molecular weight is 450 g/mol. The second-order valence-corrected chi connectivity index (χ2v) is 7.96. The summed E-state index contributed by atoms with van der Waals surface area (Å²) in [5.74, 6) is 1.08. The van der Waals surface area contributed by atoms with Gasteiger partial charge in [-0.1, -0.05) is 0 Å². The van der Waals surface area contributed by atoms with E-state index in [4.69, 9.17) is 15.2 Å². The number of methoxy groups -OCH3 is 1. The molecule has 1 aromatic carbocycles. The van der Waals surface area contributed by atoms with Crippen molar-refractivity contribution < 1.29 is 22.6 Å². The Bertz CT molecular complexity index is 1040. The molecule has 1 atom stereocenters. The van der Waals surface area contributed by atoms with Gasteiger partial charge in [0.15, 0.2) is 0 Å². The van der Waals surface area contributed by atoms with E-state index in [2.05, 4.69) is 20.6 Å². The van der Waals surface area contributed by atoms with E-state index in [9.17, 15) is 13.2 Å². The highest BCUT2D eigenvalue weighted by molar-refractivity contribution is 5.96.